The van der Waals surface area contributed by atoms with Crippen molar-refractivity contribution in [3.8, 4) is 0 Å². The molecule has 1 aromatic rings. The number of benzene rings is 1. The summed E-state index contributed by atoms with van der Waals surface area (Å²) in [6.07, 6.45) is 7.37. The van der Waals surface area contributed by atoms with E-state index in [2.05, 4.69) is 33.2 Å². The van der Waals surface area contributed by atoms with Gasteiger partial charge in [-0.05, 0) is 65.8 Å². The molecule has 0 atom stereocenters. The number of halogens is 1. The normalized spacial score (nSPS) is 16.2. The van der Waals surface area contributed by atoms with Crippen LogP contribution in [0.4, 0.5) is 0 Å². The van der Waals surface area contributed by atoms with Gasteiger partial charge in [0, 0.05) is 15.2 Å². The average molecular weight is 402 g/mol. The molecule has 1 saturated carbocycles. The van der Waals surface area contributed by atoms with Crippen LogP contribution in [-0.4, -0.2) is 17.1 Å². The van der Waals surface area contributed by atoms with Crippen LogP contribution < -0.4 is 10.6 Å². The number of carbonyl (C=O) groups is 1. The van der Waals surface area contributed by atoms with E-state index in [1.54, 1.807) is 6.07 Å². The van der Waals surface area contributed by atoms with Gasteiger partial charge in [-0.3, -0.25) is 10.1 Å². The van der Waals surface area contributed by atoms with E-state index in [1.165, 1.54) is 25.7 Å². The number of nitrogens with one attached hydrogen (secondary N) is 2. The maximum Gasteiger partial charge on any atom is 0.257 e. The van der Waals surface area contributed by atoms with Crippen molar-refractivity contribution >= 4 is 45.8 Å². The fourth-order valence-corrected chi connectivity index (χ4v) is 3.25. The lowest BCUT2D eigenvalue weighted by Gasteiger charge is -2.18. The van der Waals surface area contributed by atoms with Crippen LogP contribution in [0.3, 0.4) is 0 Å². The number of amides is 1. The van der Waals surface area contributed by atoms with Gasteiger partial charge in [-0.1, -0.05) is 31.7 Å². The maximum atomic E-state index is 12.1. The standard InChI is InChI=1S/C15H19IN2OS/c16-12-7-5-6-11(10-12)14(19)18-15(20)17-13-8-3-1-2-4-9-13/h5-7,10,13H,1-4,8-9H2,(H2,17,18,19,20). The Morgan fingerprint density at radius 3 is 2.55 bits per heavy atom. The number of rotatable bonds is 2. The highest BCUT2D eigenvalue weighted by Crippen LogP contribution is 2.17. The maximum absolute atomic E-state index is 12.1. The summed E-state index contributed by atoms with van der Waals surface area (Å²) < 4.78 is 1.04. The Bertz CT molecular complexity index is 485. The van der Waals surface area contributed by atoms with Crippen LogP contribution in [0.25, 0.3) is 0 Å². The van der Waals surface area contributed by atoms with Crippen LogP contribution in [0.15, 0.2) is 24.3 Å². The Morgan fingerprint density at radius 1 is 1.20 bits per heavy atom. The molecule has 0 heterocycles. The van der Waals surface area contributed by atoms with Gasteiger partial charge < -0.3 is 5.32 Å². The molecule has 0 aliphatic heterocycles. The first-order chi connectivity index (χ1) is 9.65. The van der Waals surface area contributed by atoms with Gasteiger partial charge in [-0.25, -0.2) is 0 Å². The van der Waals surface area contributed by atoms with E-state index < -0.39 is 0 Å². The van der Waals surface area contributed by atoms with Crippen LogP contribution in [0, 0.1) is 3.57 Å². The number of hydrogen-bond donors (Lipinski definition) is 2. The van der Waals surface area contributed by atoms with Crippen LogP contribution in [0.1, 0.15) is 48.9 Å². The fraction of sp³-hybridized carbons (Fsp3) is 0.467. The van der Waals surface area contributed by atoms with E-state index >= 15 is 0 Å². The third kappa shape index (κ3) is 5.01. The first-order valence-corrected chi connectivity index (χ1v) is 8.51. The topological polar surface area (TPSA) is 41.1 Å². The molecule has 1 fully saturated rings. The fourth-order valence-electron chi connectivity index (χ4n) is 2.45. The quantitative estimate of drug-likeness (QED) is 0.451. The lowest BCUT2D eigenvalue weighted by molar-refractivity contribution is 0.0976. The van der Waals surface area contributed by atoms with E-state index in [9.17, 15) is 4.79 Å². The van der Waals surface area contributed by atoms with Gasteiger partial charge in [-0.15, -0.1) is 0 Å². The molecule has 108 valence electrons. The third-order valence-corrected chi connectivity index (χ3v) is 4.40. The molecule has 1 aromatic carbocycles. The molecule has 1 aliphatic carbocycles. The van der Waals surface area contributed by atoms with Crippen molar-refractivity contribution in [2.75, 3.05) is 0 Å². The molecular formula is C15H19IN2OS. The molecule has 1 amide bonds. The van der Waals surface area contributed by atoms with Crippen LogP contribution in [0.2, 0.25) is 0 Å². The minimum Gasteiger partial charge on any atom is -0.360 e. The Morgan fingerprint density at radius 2 is 1.90 bits per heavy atom. The van der Waals surface area contributed by atoms with Crippen molar-refractivity contribution in [1.82, 2.24) is 10.6 Å². The van der Waals surface area contributed by atoms with Gasteiger partial charge in [0.15, 0.2) is 5.11 Å². The van der Waals surface area contributed by atoms with Crippen molar-refractivity contribution in [2.45, 2.75) is 44.6 Å². The van der Waals surface area contributed by atoms with Gasteiger partial charge in [0.1, 0.15) is 0 Å². The van der Waals surface area contributed by atoms with Crippen molar-refractivity contribution < 1.29 is 4.79 Å². The van der Waals surface area contributed by atoms with Gasteiger partial charge in [0.05, 0.1) is 0 Å². The summed E-state index contributed by atoms with van der Waals surface area (Å²) in [5, 5.41) is 6.49. The summed E-state index contributed by atoms with van der Waals surface area (Å²) in [5.74, 6) is -0.144. The SMILES string of the molecule is O=C(NC(=S)NC1CCCCCC1)c1cccc(I)c1. The molecule has 0 bridgehead atoms. The molecule has 5 heteroatoms. The molecular weight excluding hydrogens is 383 g/mol. The smallest absolute Gasteiger partial charge is 0.257 e. The summed E-state index contributed by atoms with van der Waals surface area (Å²) in [5.41, 5.74) is 0.641. The Kier molecular flexibility index (Phi) is 6.22. The minimum absolute atomic E-state index is 0.144. The van der Waals surface area contributed by atoms with E-state index in [4.69, 9.17) is 12.2 Å². The highest BCUT2D eigenvalue weighted by Gasteiger charge is 2.14. The summed E-state index contributed by atoms with van der Waals surface area (Å²) in [6.45, 7) is 0. The van der Waals surface area contributed by atoms with Gasteiger partial charge >= 0.3 is 0 Å². The molecule has 0 unspecified atom stereocenters. The van der Waals surface area contributed by atoms with E-state index in [-0.39, 0.29) is 5.91 Å². The van der Waals surface area contributed by atoms with E-state index in [0.717, 1.165) is 16.4 Å². The van der Waals surface area contributed by atoms with Crippen LogP contribution in [0.5, 0.6) is 0 Å². The Balaban J connectivity index is 1.86. The van der Waals surface area contributed by atoms with Crippen molar-refractivity contribution in [2.24, 2.45) is 0 Å². The molecule has 0 radical (unpaired) electrons. The zero-order valence-electron chi connectivity index (χ0n) is 11.3. The molecule has 3 nitrogen and oxygen atoms in total. The Hall–Kier alpha value is -0.690. The zero-order chi connectivity index (χ0) is 14.4. The number of thiocarbonyl (C=S) groups is 1. The molecule has 0 spiro atoms. The highest BCUT2D eigenvalue weighted by molar-refractivity contribution is 14.1. The number of carbonyl (C=O) groups excluding carboxylic acids is 1. The monoisotopic (exact) mass is 402 g/mol. The van der Waals surface area contributed by atoms with Crippen LogP contribution in [-0.2, 0) is 0 Å². The average Bonchev–Trinajstić information content (AvgIpc) is 2.67. The summed E-state index contributed by atoms with van der Waals surface area (Å²) in [6, 6.07) is 7.88. The lowest BCUT2D eigenvalue weighted by Crippen LogP contribution is -2.44. The summed E-state index contributed by atoms with van der Waals surface area (Å²) in [7, 11) is 0. The van der Waals surface area contributed by atoms with Crippen molar-refractivity contribution in [3.05, 3.63) is 33.4 Å². The predicted octanol–water partition coefficient (Wildman–Crippen LogP) is 3.62. The largest absolute Gasteiger partial charge is 0.360 e. The molecule has 1 aliphatic rings. The van der Waals surface area contributed by atoms with Crippen molar-refractivity contribution in [1.29, 1.82) is 0 Å². The summed E-state index contributed by atoms with van der Waals surface area (Å²) >= 11 is 7.44. The second-order valence-electron chi connectivity index (χ2n) is 5.13. The lowest BCUT2D eigenvalue weighted by atomic mass is 10.1. The first kappa shape index (κ1) is 15.7. The van der Waals surface area contributed by atoms with Crippen molar-refractivity contribution in [3.63, 3.8) is 0 Å². The van der Waals surface area contributed by atoms with Gasteiger partial charge in [0.2, 0.25) is 0 Å². The molecule has 2 N–H and O–H groups in total. The predicted molar refractivity (Wildman–Crippen MR) is 93.8 cm³/mol. The second-order valence-corrected chi connectivity index (χ2v) is 6.78. The van der Waals surface area contributed by atoms with Gasteiger partial charge in [0.25, 0.3) is 5.91 Å². The summed E-state index contributed by atoms with van der Waals surface area (Å²) in [4.78, 5) is 12.1. The number of hydrogen-bond acceptors (Lipinski definition) is 2. The highest BCUT2D eigenvalue weighted by atomic mass is 127. The molecule has 0 aromatic heterocycles. The second kappa shape index (κ2) is 7.93. The van der Waals surface area contributed by atoms with Crippen LogP contribution >= 0.6 is 34.8 Å². The zero-order valence-corrected chi connectivity index (χ0v) is 14.3. The van der Waals surface area contributed by atoms with E-state index in [1.807, 2.05) is 18.2 Å². The third-order valence-electron chi connectivity index (χ3n) is 3.50. The van der Waals surface area contributed by atoms with Gasteiger partial charge in [-0.2, -0.15) is 0 Å². The first-order valence-electron chi connectivity index (χ1n) is 7.02. The molecule has 2 rings (SSSR count). The minimum atomic E-state index is -0.144. The molecule has 0 saturated heterocycles. The molecule has 20 heavy (non-hydrogen) atoms. The van der Waals surface area contributed by atoms with E-state index in [0.29, 0.717) is 16.7 Å². The Labute approximate surface area is 139 Å².